The van der Waals surface area contributed by atoms with Crippen molar-refractivity contribution in [3.8, 4) is 0 Å². The van der Waals surface area contributed by atoms with Crippen molar-refractivity contribution in [3.63, 3.8) is 0 Å². The molecule has 1 amide bonds. The van der Waals surface area contributed by atoms with Gasteiger partial charge in [-0.15, -0.1) is 0 Å². The van der Waals surface area contributed by atoms with Crippen molar-refractivity contribution >= 4 is 5.91 Å². The van der Waals surface area contributed by atoms with Crippen LogP contribution in [-0.4, -0.2) is 36.9 Å². The molecule has 0 radical (unpaired) electrons. The van der Waals surface area contributed by atoms with E-state index in [0.29, 0.717) is 13.2 Å². The van der Waals surface area contributed by atoms with Crippen molar-refractivity contribution in [1.29, 1.82) is 0 Å². The molecule has 0 aliphatic carbocycles. The standard InChI is InChI=1S/C11H23NO3/c1-10(2,6-7-15-5)8-12-9(13)11(3,4)14/h14H,6-8H2,1-5H3,(H,12,13). The van der Waals surface area contributed by atoms with Crippen LogP contribution >= 0.6 is 0 Å². The van der Waals surface area contributed by atoms with Crippen LogP contribution in [0, 0.1) is 5.41 Å². The van der Waals surface area contributed by atoms with E-state index in [-0.39, 0.29) is 11.3 Å². The maximum Gasteiger partial charge on any atom is 0.251 e. The first-order valence-electron chi connectivity index (χ1n) is 5.19. The van der Waals surface area contributed by atoms with Gasteiger partial charge in [0.1, 0.15) is 5.60 Å². The summed E-state index contributed by atoms with van der Waals surface area (Å²) in [6, 6.07) is 0. The molecule has 0 aromatic heterocycles. The normalized spacial score (nSPS) is 12.7. The molecule has 0 atom stereocenters. The van der Waals surface area contributed by atoms with Gasteiger partial charge in [-0.3, -0.25) is 4.79 Å². The number of hydrogen-bond donors (Lipinski definition) is 2. The van der Waals surface area contributed by atoms with Crippen LogP contribution in [0.15, 0.2) is 0 Å². The quantitative estimate of drug-likeness (QED) is 0.696. The largest absolute Gasteiger partial charge is 0.385 e. The van der Waals surface area contributed by atoms with Crippen molar-refractivity contribution in [3.05, 3.63) is 0 Å². The van der Waals surface area contributed by atoms with E-state index in [9.17, 15) is 9.90 Å². The lowest BCUT2D eigenvalue weighted by atomic mass is 9.89. The zero-order valence-electron chi connectivity index (χ0n) is 10.4. The van der Waals surface area contributed by atoms with Crippen molar-refractivity contribution in [2.24, 2.45) is 5.41 Å². The zero-order valence-corrected chi connectivity index (χ0v) is 10.4. The fourth-order valence-corrected chi connectivity index (χ4v) is 1.00. The summed E-state index contributed by atoms with van der Waals surface area (Å²) < 4.78 is 4.99. The van der Waals surface area contributed by atoms with Crippen LogP contribution in [0.25, 0.3) is 0 Å². The predicted molar refractivity (Wildman–Crippen MR) is 59.6 cm³/mol. The number of rotatable bonds is 6. The van der Waals surface area contributed by atoms with Gasteiger partial charge in [0.25, 0.3) is 5.91 Å². The molecule has 0 saturated heterocycles. The van der Waals surface area contributed by atoms with Gasteiger partial charge in [0.15, 0.2) is 0 Å². The first-order valence-corrected chi connectivity index (χ1v) is 5.19. The molecule has 2 N–H and O–H groups in total. The number of hydrogen-bond acceptors (Lipinski definition) is 3. The Kier molecular flexibility index (Phi) is 5.24. The van der Waals surface area contributed by atoms with E-state index in [1.807, 2.05) is 0 Å². The highest BCUT2D eigenvalue weighted by Gasteiger charge is 2.26. The van der Waals surface area contributed by atoms with Crippen LogP contribution in [-0.2, 0) is 9.53 Å². The molecule has 0 rings (SSSR count). The monoisotopic (exact) mass is 217 g/mol. The number of methoxy groups -OCH3 is 1. The molecule has 0 spiro atoms. The van der Waals surface area contributed by atoms with Crippen molar-refractivity contribution < 1.29 is 14.6 Å². The average molecular weight is 217 g/mol. The minimum Gasteiger partial charge on any atom is -0.385 e. The molecule has 0 saturated carbocycles. The number of ether oxygens (including phenoxy) is 1. The van der Waals surface area contributed by atoms with Gasteiger partial charge in [0.2, 0.25) is 0 Å². The minimum atomic E-state index is -1.31. The zero-order chi connectivity index (χ0) is 12.1. The molecule has 0 aromatic carbocycles. The van der Waals surface area contributed by atoms with Crippen LogP contribution in [0.1, 0.15) is 34.1 Å². The third kappa shape index (κ3) is 6.47. The van der Waals surface area contributed by atoms with Crippen molar-refractivity contribution in [2.75, 3.05) is 20.3 Å². The molecule has 0 aromatic rings. The first kappa shape index (κ1) is 14.4. The Labute approximate surface area is 92.0 Å². The van der Waals surface area contributed by atoms with Gasteiger partial charge in [-0.2, -0.15) is 0 Å². The van der Waals surface area contributed by atoms with Gasteiger partial charge >= 0.3 is 0 Å². The van der Waals surface area contributed by atoms with E-state index < -0.39 is 5.60 Å². The summed E-state index contributed by atoms with van der Waals surface area (Å²) in [5.41, 5.74) is -1.33. The maximum absolute atomic E-state index is 11.4. The summed E-state index contributed by atoms with van der Waals surface area (Å²) >= 11 is 0. The first-order chi connectivity index (χ1) is 6.69. The van der Waals surface area contributed by atoms with Gasteiger partial charge in [0, 0.05) is 20.3 Å². The Morgan fingerprint density at radius 2 is 1.87 bits per heavy atom. The lowest BCUT2D eigenvalue weighted by Gasteiger charge is -2.26. The molecule has 4 nitrogen and oxygen atoms in total. The molecular weight excluding hydrogens is 194 g/mol. The number of amides is 1. The summed E-state index contributed by atoms with van der Waals surface area (Å²) in [6.07, 6.45) is 0.871. The fourth-order valence-electron chi connectivity index (χ4n) is 1.00. The summed E-state index contributed by atoms with van der Waals surface area (Å²) in [5.74, 6) is -0.340. The topological polar surface area (TPSA) is 58.6 Å². The molecule has 90 valence electrons. The number of nitrogens with one attached hydrogen (secondary N) is 1. The molecule has 4 heteroatoms. The van der Waals surface area contributed by atoms with Gasteiger partial charge in [-0.25, -0.2) is 0 Å². The Morgan fingerprint density at radius 3 is 2.27 bits per heavy atom. The summed E-state index contributed by atoms with van der Waals surface area (Å²) in [5, 5.41) is 12.1. The van der Waals surface area contributed by atoms with E-state index in [4.69, 9.17) is 4.74 Å². The molecule has 0 heterocycles. The highest BCUT2D eigenvalue weighted by atomic mass is 16.5. The smallest absolute Gasteiger partial charge is 0.251 e. The second kappa shape index (κ2) is 5.47. The molecule has 0 unspecified atom stereocenters. The van der Waals surface area contributed by atoms with Crippen LogP contribution in [0.4, 0.5) is 0 Å². The van der Waals surface area contributed by atoms with E-state index in [1.165, 1.54) is 13.8 Å². The minimum absolute atomic E-state index is 0.0169. The predicted octanol–water partition coefficient (Wildman–Crippen LogP) is 0.936. The number of carbonyl (C=O) groups is 1. The van der Waals surface area contributed by atoms with Crippen LogP contribution in [0.5, 0.6) is 0 Å². The number of aliphatic hydroxyl groups is 1. The lowest BCUT2D eigenvalue weighted by Crippen LogP contribution is -2.45. The maximum atomic E-state index is 11.4. The lowest BCUT2D eigenvalue weighted by molar-refractivity contribution is -0.136. The number of carbonyl (C=O) groups excluding carboxylic acids is 1. The summed E-state index contributed by atoms with van der Waals surface area (Å²) in [6.45, 7) is 8.27. The second-order valence-electron chi connectivity index (χ2n) is 5.15. The van der Waals surface area contributed by atoms with Gasteiger partial charge < -0.3 is 15.2 Å². The van der Waals surface area contributed by atoms with Crippen LogP contribution in [0.3, 0.4) is 0 Å². The fraction of sp³-hybridized carbons (Fsp3) is 0.909. The third-order valence-corrected chi connectivity index (χ3v) is 2.27. The third-order valence-electron chi connectivity index (χ3n) is 2.27. The van der Waals surface area contributed by atoms with Crippen LogP contribution in [0.2, 0.25) is 0 Å². The molecular formula is C11H23NO3. The van der Waals surface area contributed by atoms with E-state index in [0.717, 1.165) is 6.42 Å². The summed E-state index contributed by atoms with van der Waals surface area (Å²) in [4.78, 5) is 11.4. The van der Waals surface area contributed by atoms with E-state index >= 15 is 0 Å². The van der Waals surface area contributed by atoms with Crippen molar-refractivity contribution in [2.45, 2.75) is 39.7 Å². The highest BCUT2D eigenvalue weighted by molar-refractivity contribution is 5.83. The highest BCUT2D eigenvalue weighted by Crippen LogP contribution is 2.19. The van der Waals surface area contributed by atoms with E-state index in [1.54, 1.807) is 7.11 Å². The Balaban J connectivity index is 3.98. The second-order valence-corrected chi connectivity index (χ2v) is 5.15. The summed E-state index contributed by atoms with van der Waals surface area (Å²) in [7, 11) is 1.66. The van der Waals surface area contributed by atoms with Gasteiger partial charge in [0.05, 0.1) is 0 Å². The Hall–Kier alpha value is -0.610. The van der Waals surface area contributed by atoms with Gasteiger partial charge in [-0.05, 0) is 25.7 Å². The van der Waals surface area contributed by atoms with Crippen LogP contribution < -0.4 is 5.32 Å². The van der Waals surface area contributed by atoms with E-state index in [2.05, 4.69) is 19.2 Å². The molecule has 0 fully saturated rings. The van der Waals surface area contributed by atoms with Gasteiger partial charge in [-0.1, -0.05) is 13.8 Å². The Bertz CT molecular complexity index is 206. The molecule has 15 heavy (non-hydrogen) atoms. The molecule has 0 bridgehead atoms. The Morgan fingerprint density at radius 1 is 1.33 bits per heavy atom. The van der Waals surface area contributed by atoms with Crippen molar-refractivity contribution in [1.82, 2.24) is 5.32 Å². The average Bonchev–Trinajstić information content (AvgIpc) is 2.09. The SMILES string of the molecule is COCCC(C)(C)CNC(=O)C(C)(C)O. The molecule has 0 aliphatic heterocycles. The molecule has 0 aliphatic rings.